The fourth-order valence-electron chi connectivity index (χ4n) is 2.87. The summed E-state index contributed by atoms with van der Waals surface area (Å²) in [7, 11) is -0.394. The smallest absolute Gasteiger partial charge is 0.399 e. The second-order valence-electron chi connectivity index (χ2n) is 6.96. The summed E-state index contributed by atoms with van der Waals surface area (Å²) in [6.07, 6.45) is 0.613. The zero-order valence-corrected chi connectivity index (χ0v) is 12.8. The molecule has 3 nitrogen and oxygen atoms in total. The SMILES string of the molecule is CC1CC(=O)c2cc(B3OC(C)(C)C(C)(C)O3)ccc21. The van der Waals surface area contributed by atoms with Crippen molar-refractivity contribution in [3.63, 3.8) is 0 Å². The molecular weight excluding hydrogens is 251 g/mol. The molecule has 0 spiro atoms. The van der Waals surface area contributed by atoms with Gasteiger partial charge in [0.1, 0.15) is 0 Å². The first-order valence-electron chi connectivity index (χ1n) is 7.24. The van der Waals surface area contributed by atoms with E-state index in [1.807, 2.05) is 45.9 Å². The molecule has 3 rings (SSSR count). The van der Waals surface area contributed by atoms with Gasteiger partial charge < -0.3 is 9.31 Å². The van der Waals surface area contributed by atoms with E-state index in [2.05, 4.69) is 6.92 Å². The van der Waals surface area contributed by atoms with E-state index in [1.54, 1.807) is 0 Å². The van der Waals surface area contributed by atoms with Gasteiger partial charge in [0.25, 0.3) is 0 Å². The molecule has 1 atom stereocenters. The Balaban J connectivity index is 1.94. The number of carbonyl (C=O) groups excluding carboxylic acids is 1. The Morgan fingerprint density at radius 2 is 1.75 bits per heavy atom. The van der Waals surface area contributed by atoms with Crippen LogP contribution in [0, 0.1) is 0 Å². The molecule has 0 N–H and O–H groups in total. The Morgan fingerprint density at radius 3 is 2.35 bits per heavy atom. The minimum absolute atomic E-state index is 0.228. The number of hydrogen-bond acceptors (Lipinski definition) is 3. The lowest BCUT2D eigenvalue weighted by atomic mass is 9.77. The average molecular weight is 272 g/mol. The number of Topliss-reactive ketones (excluding diaryl/α,β-unsaturated/α-hetero) is 1. The van der Waals surface area contributed by atoms with Crippen LogP contribution in [0.15, 0.2) is 18.2 Å². The number of hydrogen-bond donors (Lipinski definition) is 0. The highest BCUT2D eigenvalue weighted by Crippen LogP contribution is 2.37. The first-order chi connectivity index (χ1) is 9.21. The fourth-order valence-corrected chi connectivity index (χ4v) is 2.87. The van der Waals surface area contributed by atoms with Gasteiger partial charge in [0.15, 0.2) is 5.78 Å². The number of ketones is 1. The average Bonchev–Trinajstić information content (AvgIpc) is 2.74. The summed E-state index contributed by atoms with van der Waals surface area (Å²) < 4.78 is 12.1. The Kier molecular flexibility index (Phi) is 2.90. The third kappa shape index (κ3) is 1.94. The molecule has 1 aliphatic carbocycles. The third-order valence-electron chi connectivity index (χ3n) is 4.93. The lowest BCUT2D eigenvalue weighted by Crippen LogP contribution is -2.41. The molecular formula is C16H21BO3. The maximum absolute atomic E-state index is 12.0. The van der Waals surface area contributed by atoms with Crippen molar-refractivity contribution in [2.45, 2.75) is 58.2 Å². The van der Waals surface area contributed by atoms with Crippen LogP contribution in [-0.2, 0) is 9.31 Å². The normalized spacial score (nSPS) is 26.9. The van der Waals surface area contributed by atoms with Gasteiger partial charge in [-0.25, -0.2) is 0 Å². The molecule has 1 aromatic rings. The van der Waals surface area contributed by atoms with Crippen molar-refractivity contribution < 1.29 is 14.1 Å². The van der Waals surface area contributed by atoms with Gasteiger partial charge in [-0.05, 0) is 44.6 Å². The molecule has 0 radical (unpaired) electrons. The molecule has 0 amide bonds. The molecule has 0 aromatic heterocycles. The largest absolute Gasteiger partial charge is 0.494 e. The van der Waals surface area contributed by atoms with E-state index in [4.69, 9.17) is 9.31 Å². The Morgan fingerprint density at radius 1 is 1.15 bits per heavy atom. The van der Waals surface area contributed by atoms with Crippen LogP contribution in [0.5, 0.6) is 0 Å². The molecule has 1 unspecified atom stereocenters. The van der Waals surface area contributed by atoms with Crippen molar-refractivity contribution in [3.8, 4) is 0 Å². The van der Waals surface area contributed by atoms with E-state index >= 15 is 0 Å². The predicted molar refractivity (Wildman–Crippen MR) is 79.5 cm³/mol. The van der Waals surface area contributed by atoms with Crippen LogP contribution < -0.4 is 5.46 Å². The maximum atomic E-state index is 12.0. The molecule has 20 heavy (non-hydrogen) atoms. The van der Waals surface area contributed by atoms with E-state index in [0.29, 0.717) is 12.3 Å². The number of carbonyl (C=O) groups is 1. The number of rotatable bonds is 1. The highest BCUT2D eigenvalue weighted by Gasteiger charge is 2.51. The quantitative estimate of drug-likeness (QED) is 0.737. The summed E-state index contributed by atoms with van der Waals surface area (Å²) >= 11 is 0. The van der Waals surface area contributed by atoms with Crippen molar-refractivity contribution in [2.24, 2.45) is 0 Å². The zero-order valence-electron chi connectivity index (χ0n) is 12.8. The lowest BCUT2D eigenvalue weighted by Gasteiger charge is -2.32. The van der Waals surface area contributed by atoms with Gasteiger partial charge in [0.2, 0.25) is 0 Å². The van der Waals surface area contributed by atoms with Crippen LogP contribution in [0.1, 0.15) is 62.9 Å². The standard InChI is InChI=1S/C16H21BO3/c1-10-8-14(18)13-9-11(6-7-12(10)13)17-19-15(2,3)16(4,5)20-17/h6-7,9-10H,8H2,1-5H3. The van der Waals surface area contributed by atoms with E-state index in [0.717, 1.165) is 16.6 Å². The monoisotopic (exact) mass is 272 g/mol. The summed E-state index contributed by atoms with van der Waals surface area (Å²) in [5.74, 6) is 0.552. The fraction of sp³-hybridized carbons (Fsp3) is 0.562. The van der Waals surface area contributed by atoms with Crippen molar-refractivity contribution in [1.82, 2.24) is 0 Å². The van der Waals surface area contributed by atoms with Crippen LogP contribution in [0.2, 0.25) is 0 Å². The van der Waals surface area contributed by atoms with E-state index < -0.39 is 7.12 Å². The second kappa shape index (κ2) is 4.19. The molecule has 1 saturated heterocycles. The minimum Gasteiger partial charge on any atom is -0.399 e. The molecule has 1 aliphatic heterocycles. The van der Waals surface area contributed by atoms with Gasteiger partial charge in [-0.1, -0.05) is 25.1 Å². The highest BCUT2D eigenvalue weighted by atomic mass is 16.7. The highest BCUT2D eigenvalue weighted by molar-refractivity contribution is 6.62. The maximum Gasteiger partial charge on any atom is 0.494 e. The first-order valence-corrected chi connectivity index (χ1v) is 7.24. The second-order valence-corrected chi connectivity index (χ2v) is 6.96. The lowest BCUT2D eigenvalue weighted by molar-refractivity contribution is 0.00578. The van der Waals surface area contributed by atoms with Crippen molar-refractivity contribution >= 4 is 18.4 Å². The summed E-state index contributed by atoms with van der Waals surface area (Å²) in [4.78, 5) is 12.0. The molecule has 1 heterocycles. The molecule has 1 fully saturated rings. The van der Waals surface area contributed by atoms with Gasteiger partial charge in [-0.2, -0.15) is 0 Å². The van der Waals surface area contributed by atoms with Crippen molar-refractivity contribution in [1.29, 1.82) is 0 Å². The van der Waals surface area contributed by atoms with Crippen LogP contribution in [-0.4, -0.2) is 24.1 Å². The van der Waals surface area contributed by atoms with Gasteiger partial charge >= 0.3 is 7.12 Å². The molecule has 0 bridgehead atoms. The minimum atomic E-state index is -0.394. The van der Waals surface area contributed by atoms with Crippen molar-refractivity contribution in [2.75, 3.05) is 0 Å². The van der Waals surface area contributed by atoms with Gasteiger partial charge in [0.05, 0.1) is 11.2 Å². The third-order valence-corrected chi connectivity index (χ3v) is 4.93. The summed E-state index contributed by atoms with van der Waals surface area (Å²) in [5.41, 5.74) is 2.21. The van der Waals surface area contributed by atoms with Crippen LogP contribution >= 0.6 is 0 Å². The number of benzene rings is 1. The first kappa shape index (κ1) is 13.8. The summed E-state index contributed by atoms with van der Waals surface area (Å²) in [5, 5.41) is 0. The van der Waals surface area contributed by atoms with Crippen LogP contribution in [0.3, 0.4) is 0 Å². The Hall–Kier alpha value is -1.13. The zero-order chi connectivity index (χ0) is 14.7. The number of fused-ring (bicyclic) bond motifs is 1. The summed E-state index contributed by atoms with van der Waals surface area (Å²) in [6.45, 7) is 10.2. The van der Waals surface area contributed by atoms with E-state index in [-0.39, 0.29) is 17.0 Å². The van der Waals surface area contributed by atoms with Gasteiger partial charge in [0, 0.05) is 12.0 Å². The molecule has 1 aromatic carbocycles. The van der Waals surface area contributed by atoms with Crippen LogP contribution in [0.25, 0.3) is 0 Å². The topological polar surface area (TPSA) is 35.5 Å². The van der Waals surface area contributed by atoms with Crippen molar-refractivity contribution in [3.05, 3.63) is 29.3 Å². The molecule has 0 saturated carbocycles. The molecule has 106 valence electrons. The van der Waals surface area contributed by atoms with Gasteiger partial charge in [-0.15, -0.1) is 0 Å². The Bertz CT molecular complexity index is 561. The molecule has 2 aliphatic rings. The molecule has 4 heteroatoms. The van der Waals surface area contributed by atoms with E-state index in [9.17, 15) is 4.79 Å². The van der Waals surface area contributed by atoms with E-state index in [1.165, 1.54) is 0 Å². The summed E-state index contributed by atoms with van der Waals surface area (Å²) in [6, 6.07) is 6.02. The van der Waals surface area contributed by atoms with Crippen LogP contribution in [0.4, 0.5) is 0 Å². The van der Waals surface area contributed by atoms with Gasteiger partial charge in [-0.3, -0.25) is 4.79 Å². The predicted octanol–water partition coefficient (Wildman–Crippen LogP) is 2.68. The Labute approximate surface area is 120 Å².